The SMILES string of the molecule is C=C(O)CCC1C[C@@]2(C)[C@H](C)[C@]2(C)C1(C)C. The maximum Gasteiger partial charge on any atom is 0.0851 e. The van der Waals surface area contributed by atoms with E-state index >= 15 is 0 Å². The minimum absolute atomic E-state index is 0.347. The number of allylic oxidation sites excluding steroid dienone is 1. The minimum Gasteiger partial charge on any atom is -0.513 e. The number of fused-ring (bicyclic) bond motifs is 1. The van der Waals surface area contributed by atoms with Crippen LogP contribution in [-0.4, -0.2) is 5.11 Å². The van der Waals surface area contributed by atoms with E-state index in [0.29, 0.717) is 22.0 Å². The Bertz CT molecular complexity index is 330. The lowest BCUT2D eigenvalue weighted by molar-refractivity contribution is 0.121. The highest BCUT2D eigenvalue weighted by Crippen LogP contribution is 2.85. The Kier molecular flexibility index (Phi) is 2.29. The van der Waals surface area contributed by atoms with Gasteiger partial charge in [0, 0.05) is 6.42 Å². The van der Waals surface area contributed by atoms with Crippen molar-refractivity contribution < 1.29 is 5.11 Å². The van der Waals surface area contributed by atoms with Crippen molar-refractivity contribution in [3.8, 4) is 0 Å². The Hall–Kier alpha value is -0.460. The average Bonchev–Trinajstić information content (AvgIpc) is 2.52. The average molecular weight is 222 g/mol. The van der Waals surface area contributed by atoms with Crippen molar-refractivity contribution in [3.63, 3.8) is 0 Å². The van der Waals surface area contributed by atoms with Crippen LogP contribution in [0.5, 0.6) is 0 Å². The van der Waals surface area contributed by atoms with Crippen molar-refractivity contribution >= 4 is 0 Å². The monoisotopic (exact) mass is 222 g/mol. The summed E-state index contributed by atoms with van der Waals surface area (Å²) in [5.74, 6) is 1.94. The molecular formula is C15H26O. The van der Waals surface area contributed by atoms with Crippen LogP contribution in [0.1, 0.15) is 53.9 Å². The van der Waals surface area contributed by atoms with E-state index in [4.69, 9.17) is 0 Å². The molecule has 2 saturated carbocycles. The predicted molar refractivity (Wildman–Crippen MR) is 68.3 cm³/mol. The lowest BCUT2D eigenvalue weighted by Gasteiger charge is -2.36. The summed E-state index contributed by atoms with van der Waals surface area (Å²) >= 11 is 0. The van der Waals surface area contributed by atoms with Gasteiger partial charge in [-0.1, -0.05) is 41.2 Å². The van der Waals surface area contributed by atoms with Crippen LogP contribution in [0.4, 0.5) is 0 Å². The van der Waals surface area contributed by atoms with Crippen LogP contribution in [0.15, 0.2) is 12.3 Å². The minimum atomic E-state index is 0.347. The number of aliphatic hydroxyl groups excluding tert-OH is 1. The van der Waals surface area contributed by atoms with Crippen LogP contribution in [0.2, 0.25) is 0 Å². The van der Waals surface area contributed by atoms with Gasteiger partial charge >= 0.3 is 0 Å². The summed E-state index contributed by atoms with van der Waals surface area (Å²) in [6.45, 7) is 15.8. The van der Waals surface area contributed by atoms with Crippen LogP contribution >= 0.6 is 0 Å². The molecule has 1 nitrogen and oxygen atoms in total. The lowest BCUT2D eigenvalue weighted by atomic mass is 9.68. The zero-order valence-corrected chi connectivity index (χ0v) is 11.4. The molecule has 2 rings (SSSR count). The Labute approximate surface area is 99.9 Å². The van der Waals surface area contributed by atoms with Crippen LogP contribution in [0, 0.1) is 28.1 Å². The third kappa shape index (κ3) is 1.12. The second-order valence-corrected chi connectivity index (χ2v) is 7.07. The van der Waals surface area contributed by atoms with Gasteiger partial charge in [0.25, 0.3) is 0 Å². The van der Waals surface area contributed by atoms with E-state index in [9.17, 15) is 5.11 Å². The van der Waals surface area contributed by atoms with E-state index in [1.807, 2.05) is 0 Å². The smallest absolute Gasteiger partial charge is 0.0851 e. The molecule has 92 valence electrons. The molecule has 2 aliphatic carbocycles. The maximum absolute atomic E-state index is 9.25. The zero-order chi connectivity index (χ0) is 12.4. The first-order valence-electron chi connectivity index (χ1n) is 6.54. The zero-order valence-electron chi connectivity index (χ0n) is 11.4. The molecule has 0 heterocycles. The van der Waals surface area contributed by atoms with Crippen LogP contribution in [-0.2, 0) is 0 Å². The summed E-state index contributed by atoms with van der Waals surface area (Å²) in [6.07, 6.45) is 3.19. The molecule has 2 fully saturated rings. The second kappa shape index (κ2) is 3.05. The Morgan fingerprint density at radius 1 is 1.31 bits per heavy atom. The highest BCUT2D eigenvalue weighted by molar-refractivity contribution is 5.27. The molecule has 16 heavy (non-hydrogen) atoms. The largest absolute Gasteiger partial charge is 0.513 e. The fraction of sp³-hybridized carbons (Fsp3) is 0.867. The first-order chi connectivity index (χ1) is 7.18. The molecule has 0 aromatic heterocycles. The van der Waals surface area contributed by atoms with Gasteiger partial charge in [-0.25, -0.2) is 0 Å². The Morgan fingerprint density at radius 2 is 1.88 bits per heavy atom. The standard InChI is InChI=1S/C15H26O/c1-10(16)7-8-12-9-14(5)11(2)15(14,6)13(12,3)4/h11-12,16H,1,7-9H2,2-6H3/t11-,12?,14-,15+/m0/s1. The highest BCUT2D eigenvalue weighted by atomic mass is 16.3. The molecule has 0 radical (unpaired) electrons. The number of aliphatic hydroxyl groups is 1. The molecule has 4 atom stereocenters. The number of rotatable bonds is 3. The second-order valence-electron chi connectivity index (χ2n) is 7.07. The molecule has 2 aliphatic rings. The van der Waals surface area contributed by atoms with Gasteiger partial charge < -0.3 is 5.11 Å². The molecule has 1 N–H and O–H groups in total. The number of hydrogen-bond donors (Lipinski definition) is 1. The van der Waals surface area contributed by atoms with Gasteiger partial charge in [-0.3, -0.25) is 0 Å². The molecular weight excluding hydrogens is 196 g/mol. The van der Waals surface area contributed by atoms with Gasteiger partial charge in [0.05, 0.1) is 5.76 Å². The topological polar surface area (TPSA) is 20.2 Å². The van der Waals surface area contributed by atoms with Gasteiger partial charge in [-0.15, -0.1) is 0 Å². The van der Waals surface area contributed by atoms with E-state index in [1.165, 1.54) is 6.42 Å². The van der Waals surface area contributed by atoms with Crippen LogP contribution in [0.3, 0.4) is 0 Å². The quantitative estimate of drug-likeness (QED) is 0.695. The van der Waals surface area contributed by atoms with Crippen LogP contribution < -0.4 is 0 Å². The summed E-state index contributed by atoms with van der Waals surface area (Å²) in [6, 6.07) is 0. The normalized spacial score (nSPS) is 48.8. The maximum atomic E-state index is 9.25. The molecule has 0 aliphatic heterocycles. The van der Waals surface area contributed by atoms with E-state index in [2.05, 4.69) is 41.2 Å². The fourth-order valence-electron chi connectivity index (χ4n) is 4.82. The summed E-state index contributed by atoms with van der Waals surface area (Å²) in [5, 5.41) is 9.25. The summed E-state index contributed by atoms with van der Waals surface area (Å²) in [4.78, 5) is 0. The fourth-order valence-corrected chi connectivity index (χ4v) is 4.82. The van der Waals surface area contributed by atoms with E-state index in [0.717, 1.165) is 24.7 Å². The van der Waals surface area contributed by atoms with Crippen molar-refractivity contribution in [1.82, 2.24) is 0 Å². The van der Waals surface area contributed by atoms with Crippen molar-refractivity contribution in [1.29, 1.82) is 0 Å². The van der Waals surface area contributed by atoms with E-state index < -0.39 is 0 Å². The lowest BCUT2D eigenvalue weighted by Crippen LogP contribution is -2.29. The summed E-state index contributed by atoms with van der Waals surface area (Å²) < 4.78 is 0. The third-order valence-electron chi connectivity index (χ3n) is 6.74. The van der Waals surface area contributed by atoms with Crippen molar-refractivity contribution in [3.05, 3.63) is 12.3 Å². The molecule has 1 heteroatoms. The van der Waals surface area contributed by atoms with Crippen molar-refractivity contribution in [2.45, 2.75) is 53.9 Å². The molecule has 0 saturated heterocycles. The molecule has 0 aromatic rings. The first-order valence-corrected chi connectivity index (χ1v) is 6.54. The summed E-state index contributed by atoms with van der Waals surface area (Å²) in [7, 11) is 0. The Balaban J connectivity index is 2.14. The molecule has 0 amide bonds. The van der Waals surface area contributed by atoms with Gasteiger partial charge in [0.2, 0.25) is 0 Å². The van der Waals surface area contributed by atoms with Gasteiger partial charge in [-0.05, 0) is 40.9 Å². The predicted octanol–water partition coefficient (Wildman–Crippen LogP) is 4.55. The van der Waals surface area contributed by atoms with Crippen LogP contribution in [0.25, 0.3) is 0 Å². The molecule has 0 spiro atoms. The van der Waals surface area contributed by atoms with E-state index in [1.54, 1.807) is 0 Å². The summed E-state index contributed by atoms with van der Waals surface area (Å²) in [5.41, 5.74) is 1.44. The molecule has 1 unspecified atom stereocenters. The van der Waals surface area contributed by atoms with Crippen molar-refractivity contribution in [2.75, 3.05) is 0 Å². The van der Waals surface area contributed by atoms with Gasteiger partial charge in [0.15, 0.2) is 0 Å². The third-order valence-corrected chi connectivity index (χ3v) is 6.74. The van der Waals surface area contributed by atoms with Crippen molar-refractivity contribution in [2.24, 2.45) is 28.1 Å². The van der Waals surface area contributed by atoms with Gasteiger partial charge in [-0.2, -0.15) is 0 Å². The van der Waals surface area contributed by atoms with Gasteiger partial charge in [0.1, 0.15) is 0 Å². The highest BCUT2D eigenvalue weighted by Gasteiger charge is 2.79. The van der Waals surface area contributed by atoms with E-state index in [-0.39, 0.29) is 0 Å². The molecule has 0 bridgehead atoms. The first kappa shape index (κ1) is 12.0. The number of hydrogen-bond acceptors (Lipinski definition) is 1. The molecule has 0 aromatic carbocycles. The Morgan fingerprint density at radius 3 is 2.25 bits per heavy atom.